The molecule has 2 aromatic rings. The zero-order valence-corrected chi connectivity index (χ0v) is 11.8. The highest BCUT2D eigenvalue weighted by atomic mass is 79.9. The van der Waals surface area contributed by atoms with Crippen LogP contribution in [0, 0.1) is 0 Å². The summed E-state index contributed by atoms with van der Waals surface area (Å²) in [4.78, 5) is 4.26. The first-order chi connectivity index (χ1) is 8.78. The first kappa shape index (κ1) is 12.9. The fourth-order valence-electron chi connectivity index (χ4n) is 1.58. The van der Waals surface area contributed by atoms with Crippen LogP contribution in [0.2, 0.25) is 0 Å². The summed E-state index contributed by atoms with van der Waals surface area (Å²) in [7, 11) is 0. The molecule has 18 heavy (non-hydrogen) atoms. The van der Waals surface area contributed by atoms with Crippen molar-refractivity contribution in [2.75, 3.05) is 11.9 Å². The van der Waals surface area contributed by atoms with E-state index < -0.39 is 0 Å². The van der Waals surface area contributed by atoms with Crippen molar-refractivity contribution in [1.82, 2.24) is 4.98 Å². The highest BCUT2D eigenvalue weighted by Gasteiger charge is 1.98. The summed E-state index contributed by atoms with van der Waals surface area (Å²) in [6.45, 7) is 3.40. The van der Waals surface area contributed by atoms with E-state index in [0.717, 1.165) is 22.6 Å². The monoisotopic (exact) mass is 306 g/mol. The number of aromatic nitrogens is 1. The lowest BCUT2D eigenvalue weighted by molar-refractivity contribution is 0.340. The summed E-state index contributed by atoms with van der Waals surface area (Å²) in [5.41, 5.74) is 1.17. The molecule has 1 aromatic heterocycles. The molecular formula is C14H15BrN2O. The Labute approximate surface area is 115 Å². The molecule has 94 valence electrons. The van der Waals surface area contributed by atoms with Crippen LogP contribution in [0.5, 0.6) is 5.75 Å². The Bertz CT molecular complexity index is 499. The van der Waals surface area contributed by atoms with Crippen molar-refractivity contribution in [2.45, 2.75) is 13.5 Å². The van der Waals surface area contributed by atoms with Gasteiger partial charge in [-0.3, -0.25) is 0 Å². The Balaban J connectivity index is 1.97. The molecular weight excluding hydrogens is 292 g/mol. The highest BCUT2D eigenvalue weighted by molar-refractivity contribution is 9.10. The fraction of sp³-hybridized carbons (Fsp3) is 0.214. The van der Waals surface area contributed by atoms with E-state index in [1.165, 1.54) is 5.56 Å². The maximum absolute atomic E-state index is 5.46. The van der Waals surface area contributed by atoms with Gasteiger partial charge < -0.3 is 10.1 Å². The van der Waals surface area contributed by atoms with Gasteiger partial charge in [-0.05, 0) is 52.7 Å². The third-order valence-electron chi connectivity index (χ3n) is 2.41. The summed E-state index contributed by atoms with van der Waals surface area (Å²) in [6, 6.07) is 12.0. The minimum Gasteiger partial charge on any atom is -0.494 e. The third-order valence-corrected chi connectivity index (χ3v) is 2.88. The molecule has 0 amide bonds. The molecule has 0 fully saturated rings. The van der Waals surface area contributed by atoms with Crippen molar-refractivity contribution in [3.63, 3.8) is 0 Å². The number of hydrogen-bond acceptors (Lipinski definition) is 3. The van der Waals surface area contributed by atoms with Gasteiger partial charge in [0.2, 0.25) is 0 Å². The number of anilines is 1. The zero-order chi connectivity index (χ0) is 12.8. The highest BCUT2D eigenvalue weighted by Crippen LogP contribution is 2.15. The maximum Gasteiger partial charge on any atom is 0.126 e. The number of benzene rings is 1. The lowest BCUT2D eigenvalue weighted by atomic mass is 10.2. The molecule has 0 spiro atoms. The number of halogens is 1. The molecule has 0 unspecified atom stereocenters. The third kappa shape index (κ3) is 3.74. The van der Waals surface area contributed by atoms with Crippen LogP contribution in [-0.4, -0.2) is 11.6 Å². The van der Waals surface area contributed by atoms with Crippen molar-refractivity contribution < 1.29 is 4.74 Å². The molecule has 1 N–H and O–H groups in total. The van der Waals surface area contributed by atoms with Crippen LogP contribution in [0.3, 0.4) is 0 Å². The fourth-order valence-corrected chi connectivity index (χ4v) is 1.82. The van der Waals surface area contributed by atoms with E-state index in [0.29, 0.717) is 6.61 Å². The smallest absolute Gasteiger partial charge is 0.126 e. The standard InChI is InChI=1S/C14H15BrN2O/c1-2-18-13-5-3-4-11(8-13)9-16-14-7-6-12(15)10-17-14/h3-8,10H,2,9H2,1H3,(H,16,17). The van der Waals surface area contributed by atoms with Gasteiger partial charge in [0.15, 0.2) is 0 Å². The van der Waals surface area contributed by atoms with Crippen LogP contribution in [0.15, 0.2) is 47.1 Å². The number of ether oxygens (including phenoxy) is 1. The van der Waals surface area contributed by atoms with Gasteiger partial charge in [0, 0.05) is 17.2 Å². The average molecular weight is 307 g/mol. The lowest BCUT2D eigenvalue weighted by Gasteiger charge is -2.08. The van der Waals surface area contributed by atoms with E-state index in [1.54, 1.807) is 6.20 Å². The molecule has 0 bridgehead atoms. The van der Waals surface area contributed by atoms with Crippen LogP contribution in [-0.2, 0) is 6.54 Å². The minimum atomic E-state index is 0.686. The molecule has 0 atom stereocenters. The van der Waals surface area contributed by atoms with Gasteiger partial charge in [-0.1, -0.05) is 12.1 Å². The summed E-state index contributed by atoms with van der Waals surface area (Å²) in [5, 5.41) is 3.27. The molecule has 0 aliphatic carbocycles. The number of hydrogen-bond donors (Lipinski definition) is 1. The number of nitrogens with zero attached hydrogens (tertiary/aromatic N) is 1. The zero-order valence-electron chi connectivity index (χ0n) is 10.2. The van der Waals surface area contributed by atoms with Crippen molar-refractivity contribution in [3.8, 4) is 5.75 Å². The normalized spacial score (nSPS) is 10.1. The Hall–Kier alpha value is -1.55. The molecule has 4 heteroatoms. The number of rotatable bonds is 5. The molecule has 0 aliphatic heterocycles. The average Bonchev–Trinajstić information content (AvgIpc) is 2.39. The van der Waals surface area contributed by atoms with Crippen LogP contribution < -0.4 is 10.1 Å². The first-order valence-electron chi connectivity index (χ1n) is 5.85. The number of nitrogens with one attached hydrogen (secondary N) is 1. The van der Waals surface area contributed by atoms with Gasteiger partial charge in [0.25, 0.3) is 0 Å². The Morgan fingerprint density at radius 2 is 2.17 bits per heavy atom. The van der Waals surface area contributed by atoms with E-state index in [1.807, 2.05) is 37.3 Å². The summed E-state index contributed by atoms with van der Waals surface area (Å²) < 4.78 is 6.44. The van der Waals surface area contributed by atoms with E-state index in [-0.39, 0.29) is 0 Å². The predicted octanol–water partition coefficient (Wildman–Crippen LogP) is 3.85. The lowest BCUT2D eigenvalue weighted by Crippen LogP contribution is -2.01. The summed E-state index contributed by atoms with van der Waals surface area (Å²) in [6.07, 6.45) is 1.78. The molecule has 3 nitrogen and oxygen atoms in total. The molecule has 0 radical (unpaired) electrons. The van der Waals surface area contributed by atoms with Crippen molar-refractivity contribution in [2.24, 2.45) is 0 Å². The van der Waals surface area contributed by atoms with E-state index in [2.05, 4.69) is 32.3 Å². The molecule has 0 saturated heterocycles. The molecule has 1 heterocycles. The largest absolute Gasteiger partial charge is 0.494 e. The van der Waals surface area contributed by atoms with E-state index in [4.69, 9.17) is 4.74 Å². The molecule has 0 aliphatic rings. The van der Waals surface area contributed by atoms with Crippen molar-refractivity contribution >= 4 is 21.7 Å². The molecule has 2 rings (SSSR count). The summed E-state index contributed by atoms with van der Waals surface area (Å²) >= 11 is 3.36. The number of pyridine rings is 1. The SMILES string of the molecule is CCOc1cccc(CNc2ccc(Br)cn2)c1. The molecule has 1 aromatic carbocycles. The Morgan fingerprint density at radius 1 is 1.28 bits per heavy atom. The summed E-state index contributed by atoms with van der Waals surface area (Å²) in [5.74, 6) is 1.76. The maximum atomic E-state index is 5.46. The van der Waals surface area contributed by atoms with Crippen molar-refractivity contribution in [3.05, 3.63) is 52.6 Å². The second-order valence-electron chi connectivity index (χ2n) is 3.80. The van der Waals surface area contributed by atoms with Crippen LogP contribution in [0.1, 0.15) is 12.5 Å². The second-order valence-corrected chi connectivity index (χ2v) is 4.71. The minimum absolute atomic E-state index is 0.686. The van der Waals surface area contributed by atoms with Gasteiger partial charge in [0.05, 0.1) is 6.61 Å². The van der Waals surface area contributed by atoms with Gasteiger partial charge in [-0.2, -0.15) is 0 Å². The quantitative estimate of drug-likeness (QED) is 0.911. The topological polar surface area (TPSA) is 34.1 Å². The van der Waals surface area contributed by atoms with Crippen LogP contribution in [0.4, 0.5) is 5.82 Å². The predicted molar refractivity (Wildman–Crippen MR) is 76.9 cm³/mol. The first-order valence-corrected chi connectivity index (χ1v) is 6.64. The Morgan fingerprint density at radius 3 is 2.89 bits per heavy atom. The van der Waals surface area contributed by atoms with Crippen LogP contribution in [0.25, 0.3) is 0 Å². The van der Waals surface area contributed by atoms with Crippen molar-refractivity contribution in [1.29, 1.82) is 0 Å². The van der Waals surface area contributed by atoms with E-state index >= 15 is 0 Å². The van der Waals surface area contributed by atoms with Gasteiger partial charge in [0.1, 0.15) is 11.6 Å². The van der Waals surface area contributed by atoms with Crippen LogP contribution >= 0.6 is 15.9 Å². The van der Waals surface area contributed by atoms with Gasteiger partial charge in [-0.15, -0.1) is 0 Å². The van der Waals surface area contributed by atoms with E-state index in [9.17, 15) is 0 Å². The van der Waals surface area contributed by atoms with Gasteiger partial charge in [-0.25, -0.2) is 4.98 Å². The second kappa shape index (κ2) is 6.40. The van der Waals surface area contributed by atoms with Gasteiger partial charge >= 0.3 is 0 Å². The molecule has 0 saturated carbocycles. The Kier molecular flexibility index (Phi) is 4.59.